The first-order valence-electron chi connectivity index (χ1n) is 8.51. The normalized spacial score (nSPS) is 15.3. The maximum atomic E-state index is 12.4. The summed E-state index contributed by atoms with van der Waals surface area (Å²) in [5, 5.41) is 2.99. The molecular formula is C20H25N3O. The summed E-state index contributed by atoms with van der Waals surface area (Å²) in [6.07, 6.45) is 0. The minimum atomic E-state index is -0.00409. The SMILES string of the molecule is Cc1ccc(CN2CCN(C(=O)Nc3cccc(C)c3)CC2)cc1. The Balaban J connectivity index is 1.49. The maximum Gasteiger partial charge on any atom is 0.321 e. The van der Waals surface area contributed by atoms with Crippen molar-refractivity contribution in [2.24, 2.45) is 0 Å². The molecule has 3 rings (SSSR count). The summed E-state index contributed by atoms with van der Waals surface area (Å²) in [7, 11) is 0. The molecule has 24 heavy (non-hydrogen) atoms. The topological polar surface area (TPSA) is 35.6 Å². The van der Waals surface area contributed by atoms with Crippen LogP contribution < -0.4 is 5.32 Å². The van der Waals surface area contributed by atoms with Gasteiger partial charge in [0.05, 0.1) is 0 Å². The van der Waals surface area contributed by atoms with E-state index in [0.29, 0.717) is 0 Å². The second-order valence-corrected chi connectivity index (χ2v) is 6.55. The molecule has 0 bridgehead atoms. The van der Waals surface area contributed by atoms with Crippen LogP contribution in [0.15, 0.2) is 48.5 Å². The molecule has 1 N–H and O–H groups in total. The van der Waals surface area contributed by atoms with E-state index in [1.807, 2.05) is 36.1 Å². The first kappa shape index (κ1) is 16.5. The molecule has 0 atom stereocenters. The molecule has 1 fully saturated rings. The van der Waals surface area contributed by atoms with E-state index in [9.17, 15) is 4.79 Å². The predicted octanol–water partition coefficient (Wildman–Crippen LogP) is 3.65. The third-order valence-electron chi connectivity index (χ3n) is 4.46. The van der Waals surface area contributed by atoms with Crippen molar-refractivity contribution >= 4 is 11.7 Å². The van der Waals surface area contributed by atoms with Crippen LogP contribution in [0.5, 0.6) is 0 Å². The van der Waals surface area contributed by atoms with E-state index in [2.05, 4.69) is 41.4 Å². The monoisotopic (exact) mass is 323 g/mol. The van der Waals surface area contributed by atoms with Crippen molar-refractivity contribution < 1.29 is 4.79 Å². The molecule has 1 aliphatic rings. The number of carbonyl (C=O) groups excluding carboxylic acids is 1. The zero-order chi connectivity index (χ0) is 16.9. The molecule has 1 saturated heterocycles. The van der Waals surface area contributed by atoms with Crippen molar-refractivity contribution in [3.05, 3.63) is 65.2 Å². The molecule has 0 aliphatic carbocycles. The lowest BCUT2D eigenvalue weighted by Crippen LogP contribution is -2.49. The molecule has 2 aromatic rings. The Labute approximate surface area is 144 Å². The first-order chi connectivity index (χ1) is 11.6. The molecule has 2 amide bonds. The predicted molar refractivity (Wildman–Crippen MR) is 98.2 cm³/mol. The molecule has 126 valence electrons. The van der Waals surface area contributed by atoms with Crippen molar-refractivity contribution in [3.63, 3.8) is 0 Å². The Morgan fingerprint density at radius 3 is 2.33 bits per heavy atom. The number of nitrogens with one attached hydrogen (secondary N) is 1. The minimum Gasteiger partial charge on any atom is -0.322 e. The van der Waals surface area contributed by atoms with E-state index in [4.69, 9.17) is 0 Å². The highest BCUT2D eigenvalue weighted by Crippen LogP contribution is 2.13. The molecule has 0 aromatic heterocycles. The summed E-state index contributed by atoms with van der Waals surface area (Å²) in [5.41, 5.74) is 4.63. The molecule has 0 radical (unpaired) electrons. The lowest BCUT2D eigenvalue weighted by Gasteiger charge is -2.34. The van der Waals surface area contributed by atoms with E-state index in [1.54, 1.807) is 0 Å². The van der Waals surface area contributed by atoms with Gasteiger partial charge in [-0.05, 0) is 37.1 Å². The smallest absolute Gasteiger partial charge is 0.321 e. The highest BCUT2D eigenvalue weighted by Gasteiger charge is 2.21. The number of rotatable bonds is 3. The Morgan fingerprint density at radius 1 is 0.958 bits per heavy atom. The summed E-state index contributed by atoms with van der Waals surface area (Å²) in [4.78, 5) is 16.7. The average molecular weight is 323 g/mol. The van der Waals surface area contributed by atoms with Crippen molar-refractivity contribution in [1.29, 1.82) is 0 Å². The van der Waals surface area contributed by atoms with Gasteiger partial charge < -0.3 is 10.2 Å². The van der Waals surface area contributed by atoms with Crippen LogP contribution in [0, 0.1) is 13.8 Å². The molecule has 4 nitrogen and oxygen atoms in total. The van der Waals surface area contributed by atoms with Crippen LogP contribution in [0.2, 0.25) is 0 Å². The molecule has 1 aliphatic heterocycles. The van der Waals surface area contributed by atoms with Crippen molar-refractivity contribution in [1.82, 2.24) is 9.80 Å². The maximum absolute atomic E-state index is 12.4. The van der Waals surface area contributed by atoms with Crippen molar-refractivity contribution in [3.8, 4) is 0 Å². The Morgan fingerprint density at radius 2 is 1.67 bits per heavy atom. The van der Waals surface area contributed by atoms with Gasteiger partial charge in [0.2, 0.25) is 0 Å². The van der Waals surface area contributed by atoms with Gasteiger partial charge in [0, 0.05) is 38.4 Å². The summed E-state index contributed by atoms with van der Waals surface area (Å²) in [6.45, 7) is 8.44. The van der Waals surface area contributed by atoms with Crippen LogP contribution in [-0.4, -0.2) is 42.0 Å². The van der Waals surface area contributed by atoms with Gasteiger partial charge in [-0.3, -0.25) is 4.90 Å². The van der Waals surface area contributed by atoms with E-state index >= 15 is 0 Å². The molecule has 0 unspecified atom stereocenters. The van der Waals surface area contributed by atoms with Crippen LogP contribution in [-0.2, 0) is 6.54 Å². The highest BCUT2D eigenvalue weighted by molar-refractivity contribution is 5.89. The van der Waals surface area contributed by atoms with Gasteiger partial charge in [-0.2, -0.15) is 0 Å². The highest BCUT2D eigenvalue weighted by atomic mass is 16.2. The number of benzene rings is 2. The zero-order valence-corrected chi connectivity index (χ0v) is 14.5. The van der Waals surface area contributed by atoms with Crippen LogP contribution in [0.3, 0.4) is 0 Å². The molecule has 0 spiro atoms. The fourth-order valence-electron chi connectivity index (χ4n) is 2.99. The number of anilines is 1. The Kier molecular flexibility index (Phi) is 5.16. The minimum absolute atomic E-state index is 0.00409. The van der Waals surface area contributed by atoms with Crippen LogP contribution in [0.25, 0.3) is 0 Å². The third-order valence-corrected chi connectivity index (χ3v) is 4.46. The standard InChI is InChI=1S/C20H25N3O/c1-16-6-8-18(9-7-16)15-22-10-12-23(13-11-22)20(24)21-19-5-3-4-17(2)14-19/h3-9,14H,10-13,15H2,1-2H3,(H,21,24). The molecule has 2 aromatic carbocycles. The van der Waals surface area contributed by atoms with Crippen LogP contribution >= 0.6 is 0 Å². The fraction of sp³-hybridized carbons (Fsp3) is 0.350. The number of carbonyl (C=O) groups is 1. The van der Waals surface area contributed by atoms with Crippen molar-refractivity contribution in [2.75, 3.05) is 31.5 Å². The summed E-state index contributed by atoms with van der Waals surface area (Å²) >= 11 is 0. The molecule has 1 heterocycles. The summed E-state index contributed by atoms with van der Waals surface area (Å²) < 4.78 is 0. The van der Waals surface area contributed by atoms with Crippen molar-refractivity contribution in [2.45, 2.75) is 20.4 Å². The number of piperazine rings is 1. The van der Waals surface area contributed by atoms with Gasteiger partial charge in [0.25, 0.3) is 0 Å². The lowest BCUT2D eigenvalue weighted by molar-refractivity contribution is 0.143. The van der Waals surface area contributed by atoms with E-state index in [0.717, 1.165) is 44.0 Å². The zero-order valence-electron chi connectivity index (χ0n) is 14.5. The number of aryl methyl sites for hydroxylation is 2. The average Bonchev–Trinajstić information content (AvgIpc) is 2.57. The van der Waals surface area contributed by atoms with E-state index < -0.39 is 0 Å². The second-order valence-electron chi connectivity index (χ2n) is 6.55. The third kappa shape index (κ3) is 4.36. The lowest BCUT2D eigenvalue weighted by atomic mass is 10.1. The Hall–Kier alpha value is -2.33. The van der Waals surface area contributed by atoms with E-state index in [-0.39, 0.29) is 6.03 Å². The fourth-order valence-corrected chi connectivity index (χ4v) is 2.99. The number of amides is 2. The van der Waals surface area contributed by atoms with Gasteiger partial charge in [0.1, 0.15) is 0 Å². The quantitative estimate of drug-likeness (QED) is 0.936. The first-order valence-corrected chi connectivity index (χ1v) is 8.51. The summed E-state index contributed by atoms with van der Waals surface area (Å²) in [6, 6.07) is 16.6. The van der Waals surface area contributed by atoms with Gasteiger partial charge in [-0.25, -0.2) is 4.79 Å². The second kappa shape index (κ2) is 7.49. The van der Waals surface area contributed by atoms with Crippen LogP contribution in [0.1, 0.15) is 16.7 Å². The number of hydrogen-bond acceptors (Lipinski definition) is 2. The van der Waals surface area contributed by atoms with Gasteiger partial charge in [0.15, 0.2) is 0 Å². The molecule has 4 heteroatoms. The number of nitrogens with zero attached hydrogens (tertiary/aromatic N) is 2. The van der Waals surface area contributed by atoms with Crippen LogP contribution in [0.4, 0.5) is 10.5 Å². The van der Waals surface area contributed by atoms with Gasteiger partial charge in [-0.15, -0.1) is 0 Å². The largest absolute Gasteiger partial charge is 0.322 e. The molecule has 0 saturated carbocycles. The summed E-state index contributed by atoms with van der Waals surface area (Å²) in [5.74, 6) is 0. The number of urea groups is 1. The van der Waals surface area contributed by atoms with E-state index in [1.165, 1.54) is 11.1 Å². The molecular weight excluding hydrogens is 298 g/mol. The van der Waals surface area contributed by atoms with Gasteiger partial charge >= 0.3 is 6.03 Å². The van der Waals surface area contributed by atoms with Gasteiger partial charge in [-0.1, -0.05) is 42.0 Å². The number of hydrogen-bond donors (Lipinski definition) is 1. The Bertz CT molecular complexity index is 688.